The molecule has 1 atom stereocenters. The molecule has 18 nitrogen and oxygen atoms in total. The molecule has 0 heterocycles. The molecule has 0 spiro atoms. The van der Waals surface area contributed by atoms with Gasteiger partial charge in [-0.1, -0.05) is 26.3 Å². The van der Waals surface area contributed by atoms with Crippen molar-refractivity contribution in [3.63, 3.8) is 0 Å². The van der Waals surface area contributed by atoms with Gasteiger partial charge in [-0.25, -0.2) is 28.8 Å². The third kappa shape index (κ3) is 27.1. The Hall–Kier alpha value is -4.28. The second-order valence-corrected chi connectivity index (χ2v) is 18.4. The molecule has 0 aliphatic heterocycles. The molecule has 20 heteroatoms. The van der Waals surface area contributed by atoms with Crippen LogP contribution in [0.15, 0.2) is 55.6 Å². The van der Waals surface area contributed by atoms with Gasteiger partial charge in [-0.2, -0.15) is 4.99 Å². The summed E-state index contributed by atoms with van der Waals surface area (Å²) in [5.41, 5.74) is -2.85. The van der Waals surface area contributed by atoms with Gasteiger partial charge in [0, 0.05) is 59.4 Å². The minimum Gasteiger partial charge on any atom is -0.460 e. The van der Waals surface area contributed by atoms with Crippen molar-refractivity contribution in [1.82, 2.24) is 5.32 Å². The average molecular weight is 794 g/mol. The smallest absolute Gasteiger partial charge is 0.410 e. The molecule has 2 N–H and O–H groups in total. The largest absolute Gasteiger partial charge is 0.460 e. The molecule has 0 aromatic carbocycles. The first kappa shape index (κ1) is 50.8. The summed E-state index contributed by atoms with van der Waals surface area (Å²) in [4.78, 5) is 70.2. The standard InChI is InChI=1S/C16H27NO8Si.C11H13NO5.C6H16O3Si/c1-7-13(18)24-12-16(3,25-14(19)8-2)17-15(20)23-10-9-11-26(6,21-4)22-5;1-4-9(14)16-6-11(3,12-8-13)7-17-10(15)5-2;1-8-10(3,9-2)6-4-5-7/h7-8H,1-2,9-12H2,3-6H3,(H,17,20);4-5H,1-2,6-7H2,3H3;7H,4-6H2,1-3H3/i2D;;. The van der Waals surface area contributed by atoms with Gasteiger partial charge in [0.25, 0.3) is 0 Å². The number of alkyl carbamates (subject to hydrolysis) is 1. The van der Waals surface area contributed by atoms with E-state index in [-0.39, 0.29) is 26.4 Å². The molecular weight excluding hydrogens is 737 g/mol. The minimum absolute atomic E-state index is 0.0875. The van der Waals surface area contributed by atoms with Crippen molar-refractivity contribution in [2.75, 3.05) is 61.5 Å². The fraction of sp³-hybridized carbons (Fsp3) is 0.576. The van der Waals surface area contributed by atoms with E-state index in [0.29, 0.717) is 12.5 Å². The number of isocyanates is 1. The first-order chi connectivity index (χ1) is 25.3. The van der Waals surface area contributed by atoms with Gasteiger partial charge in [0.2, 0.25) is 11.8 Å². The van der Waals surface area contributed by atoms with Gasteiger partial charge in [0.05, 0.1) is 7.98 Å². The van der Waals surface area contributed by atoms with Gasteiger partial charge in [0.1, 0.15) is 18.8 Å². The number of ether oxygens (including phenoxy) is 5. The Morgan fingerprint density at radius 1 is 0.755 bits per heavy atom. The van der Waals surface area contributed by atoms with Crippen molar-refractivity contribution in [3.05, 3.63) is 50.6 Å². The Kier molecular flexibility index (Phi) is 28.0. The maximum Gasteiger partial charge on any atom is 0.410 e. The zero-order valence-corrected chi connectivity index (χ0v) is 33.9. The molecule has 0 fully saturated rings. The lowest BCUT2D eigenvalue weighted by atomic mass is 10.1. The van der Waals surface area contributed by atoms with Crippen LogP contribution in [-0.4, -0.2) is 131 Å². The van der Waals surface area contributed by atoms with Gasteiger partial charge >= 0.3 is 47.1 Å². The van der Waals surface area contributed by atoms with Crippen molar-refractivity contribution in [2.24, 2.45) is 4.99 Å². The third-order valence-corrected chi connectivity index (χ3v) is 12.7. The zero-order valence-electron chi connectivity index (χ0n) is 32.9. The maximum atomic E-state index is 12.0. The first-order valence-corrected chi connectivity index (χ1v) is 20.8. The summed E-state index contributed by atoms with van der Waals surface area (Å²) in [6, 6.07) is 1.47. The maximum absolute atomic E-state index is 12.0. The molecule has 1 unspecified atom stereocenters. The Morgan fingerprint density at radius 2 is 1.19 bits per heavy atom. The molecule has 0 rings (SSSR count). The highest BCUT2D eigenvalue weighted by atomic mass is 28.4. The van der Waals surface area contributed by atoms with Crippen molar-refractivity contribution >= 4 is 53.2 Å². The number of nitrogens with one attached hydrogen (secondary N) is 1. The number of hydrogen-bond acceptors (Lipinski definition) is 17. The number of aliphatic hydroxyl groups is 1. The van der Waals surface area contributed by atoms with Crippen molar-refractivity contribution in [1.29, 1.82) is 0 Å². The number of carbonyl (C=O) groups excluding carboxylic acids is 6. The van der Waals surface area contributed by atoms with Gasteiger partial charge in [-0.3, -0.25) is 5.32 Å². The predicted octanol–water partition coefficient (Wildman–Crippen LogP) is 2.92. The van der Waals surface area contributed by atoms with Crippen LogP contribution in [0.5, 0.6) is 0 Å². The molecule has 0 aliphatic rings. The van der Waals surface area contributed by atoms with Crippen LogP contribution in [-0.2, 0) is 65.4 Å². The molecule has 53 heavy (non-hydrogen) atoms. The third-order valence-electron chi connectivity index (χ3n) is 6.71. The zero-order chi connectivity index (χ0) is 42.3. The monoisotopic (exact) mass is 793 g/mol. The van der Waals surface area contributed by atoms with E-state index in [1.54, 1.807) is 28.4 Å². The molecule has 0 saturated heterocycles. The summed E-state index contributed by atoms with van der Waals surface area (Å²) in [6.07, 6.45) is 5.46. The van der Waals surface area contributed by atoms with E-state index < -0.39 is 65.0 Å². The summed E-state index contributed by atoms with van der Waals surface area (Å²) >= 11 is 0. The second kappa shape index (κ2) is 29.2. The Labute approximate surface area is 315 Å². The van der Waals surface area contributed by atoms with E-state index in [0.717, 1.165) is 43.3 Å². The number of aliphatic hydroxyl groups excluding tert-OH is 1. The number of carbonyl (C=O) groups is 5. The predicted molar refractivity (Wildman–Crippen MR) is 196 cm³/mol. The van der Waals surface area contributed by atoms with Gasteiger partial charge in [-0.15, -0.1) is 0 Å². The molecule has 0 bridgehead atoms. The normalized spacial score (nSPS) is 12.3. The number of hydrogen-bond donors (Lipinski definition) is 2. The van der Waals surface area contributed by atoms with Gasteiger partial charge in [0.15, 0.2) is 6.61 Å². The lowest BCUT2D eigenvalue weighted by Gasteiger charge is -2.29. The van der Waals surface area contributed by atoms with Gasteiger partial charge in [-0.05, 0) is 51.9 Å². The summed E-state index contributed by atoms with van der Waals surface area (Å²) < 4.78 is 52.3. The lowest BCUT2D eigenvalue weighted by Crippen LogP contribution is -2.53. The summed E-state index contributed by atoms with van der Waals surface area (Å²) in [5.74, 6) is -2.98. The fourth-order valence-electron chi connectivity index (χ4n) is 3.19. The Bertz CT molecular complexity index is 1250. The van der Waals surface area contributed by atoms with Crippen molar-refractivity contribution in [2.45, 2.75) is 63.1 Å². The van der Waals surface area contributed by atoms with E-state index >= 15 is 0 Å². The molecule has 0 radical (unpaired) electrons. The number of nitrogens with zero attached hydrogens (tertiary/aromatic N) is 1. The molecule has 1 amide bonds. The Morgan fingerprint density at radius 3 is 1.57 bits per heavy atom. The molecule has 0 aromatic rings. The second-order valence-electron chi connectivity index (χ2n) is 11.2. The van der Waals surface area contributed by atoms with Crippen LogP contribution >= 0.6 is 0 Å². The highest BCUT2D eigenvalue weighted by molar-refractivity contribution is 6.66. The van der Waals surface area contributed by atoms with Crippen molar-refractivity contribution in [3.8, 4) is 0 Å². The van der Waals surface area contributed by atoms with Crippen LogP contribution in [0.25, 0.3) is 0 Å². The van der Waals surface area contributed by atoms with E-state index in [1.807, 2.05) is 13.1 Å². The quantitative estimate of drug-likeness (QED) is 0.0209. The lowest BCUT2D eigenvalue weighted by molar-refractivity contribution is -0.167. The molecule has 0 aliphatic carbocycles. The topological polar surface area (TPSA) is 230 Å². The van der Waals surface area contributed by atoms with Crippen LogP contribution in [0.4, 0.5) is 4.79 Å². The fourth-order valence-corrected chi connectivity index (χ4v) is 5.92. The SMILES string of the molecule is C=CC(=O)OCC(C)(COC(=O)C=C)N=C=O.CO[Si](C)(CCCO)OC.[2H]C=CC(=O)OC(C)(COC(=O)C=C)NC(=O)OCCC[Si](C)(OC)OC. The van der Waals surface area contributed by atoms with Crippen molar-refractivity contribution < 1.29 is 76.6 Å². The molecule has 0 saturated carbocycles. The highest BCUT2D eigenvalue weighted by Gasteiger charge is 2.33. The van der Waals surface area contributed by atoms with E-state index in [2.05, 4.69) is 30.0 Å². The van der Waals surface area contributed by atoms with Crippen LogP contribution < -0.4 is 5.32 Å². The number of amides is 1. The first-order valence-electron chi connectivity index (χ1n) is 16.4. The van der Waals surface area contributed by atoms with E-state index in [1.165, 1.54) is 19.9 Å². The van der Waals surface area contributed by atoms with Crippen LogP contribution in [0.2, 0.25) is 25.2 Å². The summed E-state index contributed by atoms with van der Waals surface area (Å²) in [5, 5.41) is 10.9. The van der Waals surface area contributed by atoms with Crippen LogP contribution in [0.3, 0.4) is 0 Å². The van der Waals surface area contributed by atoms with E-state index in [9.17, 15) is 28.8 Å². The van der Waals surface area contributed by atoms with Crippen LogP contribution in [0, 0.1) is 0 Å². The summed E-state index contributed by atoms with van der Waals surface area (Å²) in [6.45, 7) is 16.5. The number of rotatable bonds is 24. The highest BCUT2D eigenvalue weighted by Crippen LogP contribution is 2.15. The molecule has 302 valence electrons. The summed E-state index contributed by atoms with van der Waals surface area (Å²) in [7, 11) is 2.33. The molecule has 0 aromatic heterocycles. The minimum atomic E-state index is -2.25. The average Bonchev–Trinajstić information content (AvgIpc) is 3.16. The number of esters is 4. The van der Waals surface area contributed by atoms with E-state index in [4.69, 9.17) is 47.9 Å². The van der Waals surface area contributed by atoms with Crippen LogP contribution in [0.1, 0.15) is 28.1 Å². The number of aliphatic imine (C=N–C) groups is 1. The van der Waals surface area contributed by atoms with Gasteiger partial charge < -0.3 is 46.5 Å². The Balaban J connectivity index is -0.000000816. The molecular formula is C33H56N2O16Si2.